The van der Waals surface area contributed by atoms with E-state index in [9.17, 15) is 4.79 Å². The standard InChI is InChI=1S/C21H25BrN2O2/c1-24(2)14-15-26-20(23-19(25)16-8-4-3-5-9-16)21(12-13-21)17-10-6-7-11-18(17)22/h3-11,20H,12-15H2,1-2H3,(H,23,25). The minimum atomic E-state index is -0.353. The van der Waals surface area contributed by atoms with Crippen LogP contribution in [0.4, 0.5) is 0 Å². The molecule has 26 heavy (non-hydrogen) atoms. The molecule has 4 nitrogen and oxygen atoms in total. The zero-order valence-corrected chi connectivity index (χ0v) is 16.8. The molecule has 0 spiro atoms. The number of likely N-dealkylation sites (N-methyl/N-ethyl adjacent to an activating group) is 1. The molecule has 0 radical (unpaired) electrons. The molecular formula is C21H25BrN2O2. The van der Waals surface area contributed by atoms with Crippen LogP contribution < -0.4 is 5.32 Å². The molecule has 3 rings (SSSR count). The molecule has 0 aromatic heterocycles. The summed E-state index contributed by atoms with van der Waals surface area (Å²) >= 11 is 3.67. The van der Waals surface area contributed by atoms with Gasteiger partial charge in [-0.1, -0.05) is 52.3 Å². The average Bonchev–Trinajstić information content (AvgIpc) is 3.43. The van der Waals surface area contributed by atoms with Gasteiger partial charge in [-0.15, -0.1) is 0 Å². The first-order chi connectivity index (χ1) is 12.5. The lowest BCUT2D eigenvalue weighted by molar-refractivity contribution is -0.000993. The van der Waals surface area contributed by atoms with Gasteiger partial charge in [0.25, 0.3) is 5.91 Å². The van der Waals surface area contributed by atoms with Crippen molar-refractivity contribution in [2.45, 2.75) is 24.5 Å². The number of nitrogens with one attached hydrogen (secondary N) is 1. The number of rotatable bonds is 8. The topological polar surface area (TPSA) is 41.6 Å². The van der Waals surface area contributed by atoms with Gasteiger partial charge in [0.15, 0.2) is 0 Å². The number of nitrogens with zero attached hydrogens (tertiary/aromatic N) is 1. The van der Waals surface area contributed by atoms with E-state index in [4.69, 9.17) is 4.74 Å². The van der Waals surface area contributed by atoms with Gasteiger partial charge in [0.2, 0.25) is 0 Å². The molecule has 1 saturated carbocycles. The highest BCUT2D eigenvalue weighted by Gasteiger charge is 2.53. The van der Waals surface area contributed by atoms with E-state index in [1.807, 2.05) is 62.6 Å². The first-order valence-corrected chi connectivity index (χ1v) is 9.69. The predicted octanol–water partition coefficient (Wildman–Crippen LogP) is 3.82. The van der Waals surface area contributed by atoms with Gasteiger partial charge in [-0.25, -0.2) is 0 Å². The van der Waals surface area contributed by atoms with Crippen LogP contribution in [0, 0.1) is 0 Å². The monoisotopic (exact) mass is 416 g/mol. The molecule has 1 fully saturated rings. The third-order valence-electron chi connectivity index (χ3n) is 4.82. The number of carbonyl (C=O) groups excluding carboxylic acids is 1. The van der Waals surface area contributed by atoms with Gasteiger partial charge in [-0.2, -0.15) is 0 Å². The number of carbonyl (C=O) groups is 1. The van der Waals surface area contributed by atoms with Crippen molar-refractivity contribution in [1.29, 1.82) is 0 Å². The second kappa shape index (κ2) is 8.33. The number of hydrogen-bond acceptors (Lipinski definition) is 3. The minimum Gasteiger partial charge on any atom is -0.356 e. The Bertz CT molecular complexity index is 745. The second-order valence-corrected chi connectivity index (χ2v) is 7.88. The van der Waals surface area contributed by atoms with Crippen LogP contribution >= 0.6 is 15.9 Å². The fourth-order valence-corrected chi connectivity index (χ4v) is 3.84. The summed E-state index contributed by atoms with van der Waals surface area (Å²) in [4.78, 5) is 14.8. The van der Waals surface area contributed by atoms with Crippen molar-refractivity contribution >= 4 is 21.8 Å². The molecule has 0 saturated heterocycles. The predicted molar refractivity (Wildman–Crippen MR) is 107 cm³/mol. The summed E-state index contributed by atoms with van der Waals surface area (Å²) in [6, 6.07) is 17.5. The van der Waals surface area contributed by atoms with E-state index in [1.165, 1.54) is 5.56 Å². The Morgan fingerprint density at radius 2 is 1.81 bits per heavy atom. The Hall–Kier alpha value is -1.69. The van der Waals surface area contributed by atoms with Crippen LogP contribution in [0.2, 0.25) is 0 Å². The van der Waals surface area contributed by atoms with Gasteiger partial charge in [0, 0.05) is 22.0 Å². The fraction of sp³-hybridized carbons (Fsp3) is 0.381. The van der Waals surface area contributed by atoms with Crippen molar-refractivity contribution < 1.29 is 9.53 Å². The molecule has 138 valence electrons. The Balaban J connectivity index is 1.81. The fourth-order valence-electron chi connectivity index (χ4n) is 3.16. The van der Waals surface area contributed by atoms with Crippen LogP contribution in [0.1, 0.15) is 28.8 Å². The number of halogens is 1. The molecule has 0 heterocycles. The maximum Gasteiger partial charge on any atom is 0.253 e. The lowest BCUT2D eigenvalue weighted by Crippen LogP contribution is -2.46. The Morgan fingerprint density at radius 1 is 1.15 bits per heavy atom. The van der Waals surface area contributed by atoms with E-state index in [0.717, 1.165) is 23.9 Å². The van der Waals surface area contributed by atoms with Crippen molar-refractivity contribution in [3.63, 3.8) is 0 Å². The van der Waals surface area contributed by atoms with Gasteiger partial charge in [-0.05, 0) is 50.7 Å². The number of hydrogen-bond donors (Lipinski definition) is 1. The van der Waals surface area contributed by atoms with Crippen molar-refractivity contribution in [3.05, 3.63) is 70.2 Å². The van der Waals surface area contributed by atoms with Crippen molar-refractivity contribution in [2.24, 2.45) is 0 Å². The maximum absolute atomic E-state index is 12.7. The third kappa shape index (κ3) is 4.34. The lowest BCUT2D eigenvalue weighted by atomic mass is 9.93. The van der Waals surface area contributed by atoms with Gasteiger partial charge < -0.3 is 15.0 Å². The summed E-state index contributed by atoms with van der Waals surface area (Å²) in [6.45, 7) is 1.38. The summed E-state index contributed by atoms with van der Waals surface area (Å²) in [5.41, 5.74) is 1.68. The van der Waals surface area contributed by atoms with Crippen molar-refractivity contribution in [2.75, 3.05) is 27.2 Å². The van der Waals surface area contributed by atoms with Gasteiger partial charge in [0.05, 0.1) is 6.61 Å². The summed E-state index contributed by atoms with van der Waals surface area (Å²) in [5, 5.41) is 3.14. The zero-order chi connectivity index (χ0) is 18.6. The number of amides is 1. The quantitative estimate of drug-likeness (QED) is 0.665. The largest absolute Gasteiger partial charge is 0.356 e. The highest BCUT2D eigenvalue weighted by molar-refractivity contribution is 9.10. The Labute approximate surface area is 163 Å². The molecule has 0 aliphatic heterocycles. The second-order valence-electron chi connectivity index (χ2n) is 7.03. The van der Waals surface area contributed by atoms with Gasteiger partial charge >= 0.3 is 0 Å². The first-order valence-electron chi connectivity index (χ1n) is 8.90. The average molecular weight is 417 g/mol. The maximum atomic E-state index is 12.7. The molecule has 1 amide bonds. The SMILES string of the molecule is CN(C)CCOC(NC(=O)c1ccccc1)C1(c2ccccc2Br)CC1. The van der Waals surface area contributed by atoms with Crippen molar-refractivity contribution in [1.82, 2.24) is 10.2 Å². The van der Waals surface area contributed by atoms with Crippen LogP contribution in [0.3, 0.4) is 0 Å². The molecule has 1 N–H and O–H groups in total. The van der Waals surface area contributed by atoms with Crippen molar-refractivity contribution in [3.8, 4) is 0 Å². The first kappa shape index (κ1) is 19.1. The molecule has 1 atom stereocenters. The van der Waals surface area contributed by atoms with Gasteiger partial charge in [0.1, 0.15) is 6.23 Å². The number of benzene rings is 2. The normalized spacial score (nSPS) is 16.3. The zero-order valence-electron chi connectivity index (χ0n) is 15.2. The summed E-state index contributed by atoms with van der Waals surface area (Å²) in [7, 11) is 4.03. The van der Waals surface area contributed by atoms with E-state index in [2.05, 4.69) is 32.2 Å². The van der Waals surface area contributed by atoms with Crippen LogP contribution in [-0.4, -0.2) is 44.3 Å². The lowest BCUT2D eigenvalue weighted by Gasteiger charge is -2.30. The smallest absolute Gasteiger partial charge is 0.253 e. The molecule has 1 aliphatic rings. The van der Waals surface area contributed by atoms with Gasteiger partial charge in [-0.3, -0.25) is 4.79 Å². The molecular weight excluding hydrogens is 392 g/mol. The Kier molecular flexibility index (Phi) is 6.12. The van der Waals surface area contributed by atoms with E-state index >= 15 is 0 Å². The minimum absolute atomic E-state index is 0.0984. The van der Waals surface area contributed by atoms with Crippen LogP contribution in [0.25, 0.3) is 0 Å². The highest BCUT2D eigenvalue weighted by Crippen LogP contribution is 2.53. The highest BCUT2D eigenvalue weighted by atomic mass is 79.9. The molecule has 5 heteroatoms. The molecule has 2 aromatic rings. The van der Waals surface area contributed by atoms with E-state index in [0.29, 0.717) is 12.2 Å². The molecule has 2 aromatic carbocycles. The molecule has 1 aliphatic carbocycles. The number of ether oxygens (including phenoxy) is 1. The van der Waals surface area contributed by atoms with Crippen LogP contribution in [0.5, 0.6) is 0 Å². The molecule has 1 unspecified atom stereocenters. The third-order valence-corrected chi connectivity index (χ3v) is 5.51. The van der Waals surface area contributed by atoms with E-state index in [-0.39, 0.29) is 17.6 Å². The van der Waals surface area contributed by atoms with E-state index in [1.54, 1.807) is 0 Å². The van der Waals surface area contributed by atoms with E-state index < -0.39 is 0 Å². The van der Waals surface area contributed by atoms with Crippen LogP contribution in [0.15, 0.2) is 59.1 Å². The Morgan fingerprint density at radius 3 is 2.42 bits per heavy atom. The van der Waals surface area contributed by atoms with Crippen LogP contribution in [-0.2, 0) is 10.2 Å². The summed E-state index contributed by atoms with van der Waals surface area (Å²) < 4.78 is 7.25. The summed E-state index contributed by atoms with van der Waals surface area (Å²) in [5.74, 6) is -0.0984. The molecule has 0 bridgehead atoms. The summed E-state index contributed by atoms with van der Waals surface area (Å²) in [6.07, 6.45) is 1.64.